The molecule has 0 saturated carbocycles. The van der Waals surface area contributed by atoms with E-state index in [9.17, 15) is 0 Å². The molecule has 3 heteroatoms. The Hall–Kier alpha value is -1.09. The Bertz CT molecular complexity index is 403. The van der Waals surface area contributed by atoms with Crippen LogP contribution >= 0.6 is 12.2 Å². The fourth-order valence-corrected chi connectivity index (χ4v) is 2.68. The summed E-state index contributed by atoms with van der Waals surface area (Å²) in [5.74, 6) is 0. The predicted molar refractivity (Wildman–Crippen MR) is 77.4 cm³/mol. The Kier molecular flexibility index (Phi) is 4.00. The number of nitrogens with zero attached hydrogens (tertiary/aromatic N) is 1. The number of nitrogens with one attached hydrogen (secondary N) is 1. The van der Waals surface area contributed by atoms with Gasteiger partial charge in [-0.25, -0.2) is 0 Å². The molecule has 1 fully saturated rings. The fourth-order valence-electron chi connectivity index (χ4n) is 2.30. The van der Waals surface area contributed by atoms with Crippen LogP contribution in [0.3, 0.4) is 0 Å². The van der Waals surface area contributed by atoms with E-state index in [4.69, 9.17) is 12.2 Å². The molecule has 1 saturated heterocycles. The second kappa shape index (κ2) is 5.50. The smallest absolute Gasteiger partial charge is 0.173 e. The maximum absolute atomic E-state index is 5.51. The molecule has 2 rings (SSSR count). The highest BCUT2D eigenvalue weighted by atomic mass is 32.1. The minimum Gasteiger partial charge on any atom is -0.346 e. The van der Waals surface area contributed by atoms with Crippen molar-refractivity contribution in [2.24, 2.45) is 0 Å². The van der Waals surface area contributed by atoms with Crippen molar-refractivity contribution < 1.29 is 0 Å². The molecule has 0 amide bonds. The van der Waals surface area contributed by atoms with Crippen molar-refractivity contribution in [3.05, 3.63) is 29.8 Å². The van der Waals surface area contributed by atoms with Crippen LogP contribution in [0.25, 0.3) is 0 Å². The molecule has 17 heavy (non-hydrogen) atoms. The number of likely N-dealkylation sites (tertiary alicyclic amines) is 1. The molecule has 1 atom stereocenters. The molecule has 1 aromatic carbocycles. The van der Waals surface area contributed by atoms with Crippen LogP contribution in [0.15, 0.2) is 24.3 Å². The van der Waals surface area contributed by atoms with Gasteiger partial charge in [-0.1, -0.05) is 18.2 Å². The lowest BCUT2D eigenvalue weighted by atomic mass is 10.0. The van der Waals surface area contributed by atoms with E-state index >= 15 is 0 Å². The summed E-state index contributed by atoms with van der Waals surface area (Å²) in [6.45, 7) is 5.44. The zero-order valence-electron chi connectivity index (χ0n) is 10.6. The van der Waals surface area contributed by atoms with Crippen LogP contribution < -0.4 is 5.32 Å². The summed E-state index contributed by atoms with van der Waals surface area (Å²) in [5, 5.41) is 4.23. The molecule has 0 aliphatic carbocycles. The van der Waals surface area contributed by atoms with Crippen LogP contribution in [0.5, 0.6) is 0 Å². The van der Waals surface area contributed by atoms with Gasteiger partial charge in [-0.15, -0.1) is 0 Å². The standard InChI is InChI=1S/C14H20N2S/c1-11-7-3-4-9-13(11)15-14(17)16-10-6-5-8-12(16)2/h3-4,7,9,12H,5-6,8,10H2,1-2H3,(H,15,17)/t12-/m0/s1. The van der Waals surface area contributed by atoms with Crippen molar-refractivity contribution in [1.29, 1.82) is 0 Å². The Labute approximate surface area is 109 Å². The molecular formula is C14H20N2S. The maximum Gasteiger partial charge on any atom is 0.173 e. The van der Waals surface area contributed by atoms with E-state index in [0.717, 1.165) is 17.3 Å². The van der Waals surface area contributed by atoms with Crippen molar-refractivity contribution in [1.82, 2.24) is 4.90 Å². The minimum absolute atomic E-state index is 0.563. The summed E-state index contributed by atoms with van der Waals surface area (Å²) in [6.07, 6.45) is 3.82. The SMILES string of the molecule is Cc1ccccc1NC(=S)N1CCCC[C@@H]1C. The first-order chi connectivity index (χ1) is 8.18. The second-order valence-corrected chi connectivity index (χ2v) is 5.17. The predicted octanol–water partition coefficient (Wildman–Crippen LogP) is 3.57. The first-order valence-electron chi connectivity index (χ1n) is 6.32. The Morgan fingerprint density at radius 1 is 1.35 bits per heavy atom. The number of hydrogen-bond acceptors (Lipinski definition) is 1. The Morgan fingerprint density at radius 3 is 2.82 bits per heavy atom. The van der Waals surface area contributed by atoms with Crippen molar-refractivity contribution in [2.45, 2.75) is 39.2 Å². The number of anilines is 1. The number of benzene rings is 1. The molecule has 0 unspecified atom stereocenters. The van der Waals surface area contributed by atoms with Crippen LogP contribution in [-0.2, 0) is 0 Å². The topological polar surface area (TPSA) is 15.3 Å². The van der Waals surface area contributed by atoms with Gasteiger partial charge in [0, 0.05) is 18.3 Å². The highest BCUT2D eigenvalue weighted by molar-refractivity contribution is 7.80. The molecule has 1 aliphatic rings. The average molecular weight is 248 g/mol. The summed E-state index contributed by atoms with van der Waals surface area (Å²) in [4.78, 5) is 2.31. The molecular weight excluding hydrogens is 228 g/mol. The van der Waals surface area contributed by atoms with E-state index in [1.165, 1.54) is 24.8 Å². The Morgan fingerprint density at radius 2 is 2.12 bits per heavy atom. The first kappa shape index (κ1) is 12.4. The van der Waals surface area contributed by atoms with Gasteiger partial charge in [-0.2, -0.15) is 0 Å². The highest BCUT2D eigenvalue weighted by Gasteiger charge is 2.20. The van der Waals surface area contributed by atoms with E-state index in [0.29, 0.717) is 6.04 Å². The third-order valence-electron chi connectivity index (χ3n) is 3.45. The first-order valence-corrected chi connectivity index (χ1v) is 6.72. The van der Waals surface area contributed by atoms with Crippen molar-refractivity contribution in [2.75, 3.05) is 11.9 Å². The van der Waals surface area contributed by atoms with E-state index in [2.05, 4.69) is 36.2 Å². The van der Waals surface area contributed by atoms with Crippen LogP contribution in [0.1, 0.15) is 31.7 Å². The minimum atomic E-state index is 0.563. The van der Waals surface area contributed by atoms with Crippen molar-refractivity contribution in [3.8, 4) is 0 Å². The lowest BCUT2D eigenvalue weighted by Crippen LogP contribution is -2.44. The van der Waals surface area contributed by atoms with E-state index in [-0.39, 0.29) is 0 Å². The summed E-state index contributed by atoms with van der Waals surface area (Å²) in [6, 6.07) is 8.83. The van der Waals surface area contributed by atoms with Gasteiger partial charge < -0.3 is 10.2 Å². The lowest BCUT2D eigenvalue weighted by molar-refractivity contribution is 0.262. The zero-order chi connectivity index (χ0) is 12.3. The zero-order valence-corrected chi connectivity index (χ0v) is 11.4. The fraction of sp³-hybridized carbons (Fsp3) is 0.500. The molecule has 0 spiro atoms. The molecule has 1 aliphatic heterocycles. The lowest BCUT2D eigenvalue weighted by Gasteiger charge is -2.35. The third-order valence-corrected chi connectivity index (χ3v) is 3.79. The van der Waals surface area contributed by atoms with Gasteiger partial charge in [-0.3, -0.25) is 0 Å². The largest absolute Gasteiger partial charge is 0.346 e. The van der Waals surface area contributed by atoms with Crippen LogP contribution in [0.4, 0.5) is 5.69 Å². The quantitative estimate of drug-likeness (QED) is 0.765. The maximum atomic E-state index is 5.51. The number of para-hydroxylation sites is 1. The van der Waals surface area contributed by atoms with Crippen molar-refractivity contribution >= 4 is 23.0 Å². The molecule has 1 aromatic rings. The molecule has 1 heterocycles. The van der Waals surface area contributed by atoms with Gasteiger partial charge in [0.25, 0.3) is 0 Å². The number of thiocarbonyl (C=S) groups is 1. The number of aryl methyl sites for hydroxylation is 1. The molecule has 0 bridgehead atoms. The van der Waals surface area contributed by atoms with Crippen molar-refractivity contribution in [3.63, 3.8) is 0 Å². The van der Waals surface area contributed by atoms with Gasteiger partial charge in [-0.05, 0) is 57.0 Å². The van der Waals surface area contributed by atoms with Crippen LogP contribution in [0, 0.1) is 6.92 Å². The normalized spacial score (nSPS) is 20.1. The third kappa shape index (κ3) is 2.97. The van der Waals surface area contributed by atoms with Gasteiger partial charge in [0.1, 0.15) is 0 Å². The van der Waals surface area contributed by atoms with E-state index < -0.39 is 0 Å². The summed E-state index contributed by atoms with van der Waals surface area (Å²) >= 11 is 5.51. The van der Waals surface area contributed by atoms with Gasteiger partial charge in [0.2, 0.25) is 0 Å². The van der Waals surface area contributed by atoms with Gasteiger partial charge >= 0.3 is 0 Å². The van der Waals surface area contributed by atoms with E-state index in [1.807, 2.05) is 12.1 Å². The van der Waals surface area contributed by atoms with Crippen LogP contribution in [-0.4, -0.2) is 22.6 Å². The number of rotatable bonds is 1. The Balaban J connectivity index is 2.03. The van der Waals surface area contributed by atoms with Gasteiger partial charge in [0.15, 0.2) is 5.11 Å². The summed E-state index contributed by atoms with van der Waals surface area (Å²) in [7, 11) is 0. The summed E-state index contributed by atoms with van der Waals surface area (Å²) in [5.41, 5.74) is 2.36. The number of piperidine rings is 1. The summed E-state index contributed by atoms with van der Waals surface area (Å²) < 4.78 is 0. The highest BCUT2D eigenvalue weighted by Crippen LogP contribution is 2.19. The molecule has 0 aromatic heterocycles. The average Bonchev–Trinajstić information content (AvgIpc) is 2.32. The monoisotopic (exact) mass is 248 g/mol. The molecule has 92 valence electrons. The molecule has 1 N–H and O–H groups in total. The molecule has 0 radical (unpaired) electrons. The van der Waals surface area contributed by atoms with E-state index in [1.54, 1.807) is 0 Å². The van der Waals surface area contributed by atoms with Gasteiger partial charge in [0.05, 0.1) is 0 Å². The van der Waals surface area contributed by atoms with Crippen LogP contribution in [0.2, 0.25) is 0 Å². The molecule has 2 nitrogen and oxygen atoms in total. The second-order valence-electron chi connectivity index (χ2n) is 4.78. The number of hydrogen-bond donors (Lipinski definition) is 1.